The SMILES string of the molecule is CCNC(C)(CCSc1nccc(C)n1)C(N)=O. The van der Waals surface area contributed by atoms with Crippen LogP contribution in [0, 0.1) is 6.92 Å². The van der Waals surface area contributed by atoms with E-state index in [1.807, 2.05) is 26.8 Å². The van der Waals surface area contributed by atoms with Gasteiger partial charge in [0, 0.05) is 17.6 Å². The Morgan fingerprint density at radius 2 is 2.33 bits per heavy atom. The molecule has 18 heavy (non-hydrogen) atoms. The number of nitrogens with zero attached hydrogens (tertiary/aromatic N) is 2. The summed E-state index contributed by atoms with van der Waals surface area (Å²) < 4.78 is 0. The first-order valence-corrected chi connectivity index (χ1v) is 6.94. The molecule has 0 fully saturated rings. The molecule has 0 aliphatic rings. The van der Waals surface area contributed by atoms with Crippen molar-refractivity contribution in [1.29, 1.82) is 0 Å². The van der Waals surface area contributed by atoms with Crippen molar-refractivity contribution in [2.75, 3.05) is 12.3 Å². The molecule has 0 spiro atoms. The molecule has 0 aliphatic heterocycles. The monoisotopic (exact) mass is 268 g/mol. The van der Waals surface area contributed by atoms with Gasteiger partial charge >= 0.3 is 0 Å². The van der Waals surface area contributed by atoms with Crippen molar-refractivity contribution in [2.45, 2.75) is 37.9 Å². The van der Waals surface area contributed by atoms with E-state index in [1.54, 1.807) is 6.20 Å². The number of nitrogens with two attached hydrogens (primary N) is 1. The maximum absolute atomic E-state index is 11.4. The smallest absolute Gasteiger partial charge is 0.237 e. The van der Waals surface area contributed by atoms with Gasteiger partial charge in [-0.05, 0) is 32.9 Å². The predicted octanol–water partition coefficient (Wildman–Crippen LogP) is 1.12. The summed E-state index contributed by atoms with van der Waals surface area (Å²) >= 11 is 1.53. The van der Waals surface area contributed by atoms with Crippen molar-refractivity contribution in [3.63, 3.8) is 0 Å². The second kappa shape index (κ2) is 6.70. The van der Waals surface area contributed by atoms with Gasteiger partial charge in [0.05, 0.1) is 5.54 Å². The number of likely N-dealkylation sites (N-methyl/N-ethyl adjacent to an activating group) is 1. The zero-order valence-corrected chi connectivity index (χ0v) is 11.9. The Balaban J connectivity index is 2.51. The van der Waals surface area contributed by atoms with Crippen molar-refractivity contribution in [1.82, 2.24) is 15.3 Å². The zero-order valence-electron chi connectivity index (χ0n) is 11.1. The number of hydrogen-bond acceptors (Lipinski definition) is 5. The minimum absolute atomic E-state index is 0.324. The molecular formula is C12H20N4OS. The standard InChI is InChI=1S/C12H20N4OS/c1-4-15-12(3,10(13)17)6-8-18-11-14-7-5-9(2)16-11/h5,7,15H,4,6,8H2,1-3H3,(H2,13,17). The topological polar surface area (TPSA) is 80.9 Å². The molecule has 0 saturated carbocycles. The average Bonchev–Trinajstić information content (AvgIpc) is 2.29. The molecule has 1 heterocycles. The third kappa shape index (κ3) is 4.27. The van der Waals surface area contributed by atoms with Gasteiger partial charge < -0.3 is 11.1 Å². The highest BCUT2D eigenvalue weighted by Crippen LogP contribution is 2.18. The number of hydrogen-bond donors (Lipinski definition) is 2. The Labute approximate surface area is 112 Å². The second-order valence-electron chi connectivity index (χ2n) is 4.31. The molecule has 3 N–H and O–H groups in total. The van der Waals surface area contributed by atoms with Gasteiger partial charge in [-0.3, -0.25) is 4.79 Å². The molecule has 0 radical (unpaired) electrons. The molecule has 1 aromatic rings. The number of nitrogens with one attached hydrogen (secondary N) is 1. The third-order valence-electron chi connectivity index (χ3n) is 2.72. The number of rotatable bonds is 7. The summed E-state index contributed by atoms with van der Waals surface area (Å²) in [5.74, 6) is 0.422. The van der Waals surface area contributed by atoms with E-state index in [0.29, 0.717) is 13.0 Å². The molecule has 0 bridgehead atoms. The Bertz CT molecular complexity index is 413. The average molecular weight is 268 g/mol. The Morgan fingerprint density at radius 1 is 1.61 bits per heavy atom. The fourth-order valence-corrected chi connectivity index (χ4v) is 2.57. The summed E-state index contributed by atoms with van der Waals surface area (Å²) in [6.07, 6.45) is 2.39. The molecule has 0 aromatic carbocycles. The Hall–Kier alpha value is -1.14. The predicted molar refractivity (Wildman–Crippen MR) is 73.4 cm³/mol. The molecule has 1 unspecified atom stereocenters. The third-order valence-corrected chi connectivity index (χ3v) is 3.58. The van der Waals surface area contributed by atoms with Crippen LogP contribution >= 0.6 is 11.8 Å². The summed E-state index contributed by atoms with van der Waals surface area (Å²) in [7, 11) is 0. The van der Waals surface area contributed by atoms with Gasteiger partial charge in [-0.1, -0.05) is 18.7 Å². The molecule has 5 nitrogen and oxygen atoms in total. The second-order valence-corrected chi connectivity index (χ2v) is 5.37. The highest BCUT2D eigenvalue weighted by Gasteiger charge is 2.29. The van der Waals surface area contributed by atoms with Crippen LogP contribution in [-0.4, -0.2) is 33.7 Å². The number of primary amides is 1. The summed E-state index contributed by atoms with van der Waals surface area (Å²) in [4.78, 5) is 19.9. The van der Waals surface area contributed by atoms with E-state index >= 15 is 0 Å². The van der Waals surface area contributed by atoms with Crippen molar-refractivity contribution < 1.29 is 4.79 Å². The van der Waals surface area contributed by atoms with Crippen molar-refractivity contribution in [3.8, 4) is 0 Å². The van der Waals surface area contributed by atoms with E-state index < -0.39 is 5.54 Å². The van der Waals surface area contributed by atoms with E-state index in [2.05, 4.69) is 15.3 Å². The number of amides is 1. The highest BCUT2D eigenvalue weighted by molar-refractivity contribution is 7.99. The summed E-state index contributed by atoms with van der Waals surface area (Å²) in [5, 5.41) is 3.86. The molecule has 100 valence electrons. The van der Waals surface area contributed by atoms with Crippen LogP contribution in [0.1, 0.15) is 26.0 Å². The Morgan fingerprint density at radius 3 is 2.89 bits per heavy atom. The quantitative estimate of drug-likeness (QED) is 0.572. The molecule has 0 saturated heterocycles. The lowest BCUT2D eigenvalue weighted by Gasteiger charge is -2.26. The number of thioether (sulfide) groups is 1. The van der Waals surface area contributed by atoms with Gasteiger partial charge in [0.2, 0.25) is 5.91 Å². The van der Waals surface area contributed by atoms with Gasteiger partial charge in [-0.25, -0.2) is 9.97 Å². The van der Waals surface area contributed by atoms with Crippen molar-refractivity contribution in [3.05, 3.63) is 18.0 Å². The first-order valence-electron chi connectivity index (χ1n) is 5.95. The van der Waals surface area contributed by atoms with Gasteiger partial charge in [0.15, 0.2) is 5.16 Å². The maximum atomic E-state index is 11.4. The zero-order chi connectivity index (χ0) is 13.6. The minimum atomic E-state index is -0.661. The van der Waals surface area contributed by atoms with E-state index in [4.69, 9.17) is 5.73 Å². The van der Waals surface area contributed by atoms with Crippen LogP contribution in [0.3, 0.4) is 0 Å². The van der Waals surface area contributed by atoms with E-state index in [9.17, 15) is 4.79 Å². The largest absolute Gasteiger partial charge is 0.368 e. The van der Waals surface area contributed by atoms with Crippen molar-refractivity contribution >= 4 is 17.7 Å². The summed E-state index contributed by atoms with van der Waals surface area (Å²) in [5.41, 5.74) is 5.70. The van der Waals surface area contributed by atoms with E-state index in [-0.39, 0.29) is 5.91 Å². The minimum Gasteiger partial charge on any atom is -0.368 e. The normalized spacial score (nSPS) is 14.2. The molecular weight excluding hydrogens is 248 g/mol. The lowest BCUT2D eigenvalue weighted by Crippen LogP contribution is -2.53. The lowest BCUT2D eigenvalue weighted by molar-refractivity contribution is -0.123. The molecule has 1 amide bonds. The summed E-state index contributed by atoms with van der Waals surface area (Å²) in [6, 6.07) is 1.86. The highest BCUT2D eigenvalue weighted by atomic mass is 32.2. The van der Waals surface area contributed by atoms with Gasteiger partial charge in [-0.15, -0.1) is 0 Å². The molecule has 0 aliphatic carbocycles. The van der Waals surface area contributed by atoms with Crippen LogP contribution < -0.4 is 11.1 Å². The number of carbonyl (C=O) groups is 1. The number of carbonyl (C=O) groups excluding carboxylic acids is 1. The fourth-order valence-electron chi connectivity index (χ4n) is 1.53. The Kier molecular flexibility index (Phi) is 5.55. The van der Waals surface area contributed by atoms with Gasteiger partial charge in [-0.2, -0.15) is 0 Å². The van der Waals surface area contributed by atoms with Gasteiger partial charge in [0.1, 0.15) is 0 Å². The van der Waals surface area contributed by atoms with Gasteiger partial charge in [0.25, 0.3) is 0 Å². The van der Waals surface area contributed by atoms with Crippen LogP contribution in [0.15, 0.2) is 17.4 Å². The van der Waals surface area contributed by atoms with Crippen LogP contribution in [0.4, 0.5) is 0 Å². The van der Waals surface area contributed by atoms with Crippen LogP contribution in [-0.2, 0) is 4.79 Å². The molecule has 6 heteroatoms. The number of aryl methyl sites for hydroxylation is 1. The fraction of sp³-hybridized carbons (Fsp3) is 0.583. The molecule has 1 aromatic heterocycles. The first-order chi connectivity index (χ1) is 8.48. The van der Waals surface area contributed by atoms with Crippen molar-refractivity contribution in [2.24, 2.45) is 5.73 Å². The van der Waals surface area contributed by atoms with E-state index in [1.165, 1.54) is 11.8 Å². The van der Waals surface area contributed by atoms with E-state index in [0.717, 1.165) is 16.6 Å². The van der Waals surface area contributed by atoms with Crippen LogP contribution in [0.2, 0.25) is 0 Å². The maximum Gasteiger partial charge on any atom is 0.237 e. The first kappa shape index (κ1) is 14.9. The molecule has 1 atom stereocenters. The van der Waals surface area contributed by atoms with Crippen LogP contribution in [0.5, 0.6) is 0 Å². The lowest BCUT2D eigenvalue weighted by atomic mass is 9.98. The van der Waals surface area contributed by atoms with Crippen LogP contribution in [0.25, 0.3) is 0 Å². The molecule has 1 rings (SSSR count). The summed E-state index contributed by atoms with van der Waals surface area (Å²) in [6.45, 7) is 6.43. The number of aromatic nitrogens is 2.